The molecule has 0 aliphatic carbocycles. The first-order chi connectivity index (χ1) is 14.9. The fraction of sp³-hybridized carbons (Fsp3) is 0.375. The highest BCUT2D eigenvalue weighted by atomic mass is 19.1. The number of hydrogen-bond acceptors (Lipinski definition) is 4. The summed E-state index contributed by atoms with van der Waals surface area (Å²) in [5.74, 6) is 0.520. The minimum Gasteiger partial charge on any atom is -0.453 e. The smallest absolute Gasteiger partial charge is 0.246 e. The molecular formula is C24H28FN3O3. The van der Waals surface area contributed by atoms with Crippen molar-refractivity contribution in [2.75, 3.05) is 26.2 Å². The third kappa shape index (κ3) is 6.64. The van der Waals surface area contributed by atoms with Crippen LogP contribution >= 0.6 is 0 Å². The van der Waals surface area contributed by atoms with Crippen LogP contribution in [0.1, 0.15) is 32.3 Å². The molecule has 2 aromatic rings. The number of carbonyl (C=O) groups excluding carboxylic acids is 2. The number of pyridine rings is 1. The van der Waals surface area contributed by atoms with Gasteiger partial charge < -0.3 is 14.5 Å². The molecule has 0 spiro atoms. The highest BCUT2D eigenvalue weighted by Gasteiger charge is 2.22. The highest BCUT2D eigenvalue weighted by Crippen LogP contribution is 2.25. The van der Waals surface area contributed by atoms with Crippen molar-refractivity contribution >= 4 is 17.9 Å². The van der Waals surface area contributed by atoms with Gasteiger partial charge >= 0.3 is 0 Å². The van der Waals surface area contributed by atoms with Crippen molar-refractivity contribution < 1.29 is 18.7 Å². The fourth-order valence-corrected chi connectivity index (χ4v) is 3.26. The first kappa shape index (κ1) is 22.5. The van der Waals surface area contributed by atoms with E-state index in [0.717, 1.165) is 6.42 Å². The minimum atomic E-state index is -0.521. The molecule has 31 heavy (non-hydrogen) atoms. The summed E-state index contributed by atoms with van der Waals surface area (Å²) in [6.07, 6.45) is 7.56. The van der Waals surface area contributed by atoms with E-state index in [-0.39, 0.29) is 17.6 Å². The molecule has 1 aliphatic rings. The van der Waals surface area contributed by atoms with E-state index in [1.54, 1.807) is 35.4 Å². The second-order valence-corrected chi connectivity index (χ2v) is 7.95. The summed E-state index contributed by atoms with van der Waals surface area (Å²) >= 11 is 0. The zero-order chi connectivity index (χ0) is 22.2. The normalized spacial score (nSPS) is 14.3. The van der Waals surface area contributed by atoms with Crippen LogP contribution in [0.15, 0.2) is 48.8 Å². The van der Waals surface area contributed by atoms with E-state index >= 15 is 0 Å². The number of carbonyl (C=O) groups is 2. The standard InChI is InChI=1S/C24H28FN3O3/c1-18(2)5-9-23(29)27-12-14-28(15-13-27)24(30)10-7-19-6-8-22(21(25)16-19)31-20-4-3-11-26-17-20/h3-4,6-8,10-11,16-18H,5,9,12-15H2,1-2H3/b10-7+. The Labute approximate surface area is 182 Å². The van der Waals surface area contributed by atoms with E-state index in [4.69, 9.17) is 4.74 Å². The van der Waals surface area contributed by atoms with Crippen LogP contribution in [0.4, 0.5) is 4.39 Å². The van der Waals surface area contributed by atoms with Crippen LogP contribution in [-0.4, -0.2) is 52.8 Å². The molecule has 0 unspecified atom stereocenters. The van der Waals surface area contributed by atoms with Crippen molar-refractivity contribution in [3.8, 4) is 11.5 Å². The maximum atomic E-state index is 14.3. The van der Waals surface area contributed by atoms with Gasteiger partial charge in [0.05, 0.1) is 6.20 Å². The highest BCUT2D eigenvalue weighted by molar-refractivity contribution is 5.92. The number of nitrogens with zero attached hydrogens (tertiary/aromatic N) is 3. The van der Waals surface area contributed by atoms with Gasteiger partial charge in [0.15, 0.2) is 11.6 Å². The van der Waals surface area contributed by atoms with E-state index in [2.05, 4.69) is 18.8 Å². The third-order valence-electron chi connectivity index (χ3n) is 5.12. The van der Waals surface area contributed by atoms with Crippen LogP contribution in [0.3, 0.4) is 0 Å². The molecule has 0 saturated carbocycles. The van der Waals surface area contributed by atoms with Gasteiger partial charge in [0, 0.05) is 44.9 Å². The number of amides is 2. The van der Waals surface area contributed by atoms with Gasteiger partial charge in [-0.25, -0.2) is 4.39 Å². The van der Waals surface area contributed by atoms with Gasteiger partial charge in [-0.2, -0.15) is 0 Å². The van der Waals surface area contributed by atoms with E-state index in [9.17, 15) is 14.0 Å². The third-order valence-corrected chi connectivity index (χ3v) is 5.12. The van der Waals surface area contributed by atoms with E-state index < -0.39 is 5.82 Å². The Bertz CT molecular complexity index is 923. The number of rotatable bonds is 7. The Kier molecular flexibility index (Phi) is 7.76. The van der Waals surface area contributed by atoms with Gasteiger partial charge in [-0.15, -0.1) is 0 Å². The number of benzene rings is 1. The average molecular weight is 426 g/mol. The molecule has 1 aliphatic heterocycles. The summed E-state index contributed by atoms with van der Waals surface area (Å²) in [5, 5.41) is 0. The molecule has 164 valence electrons. The Morgan fingerprint density at radius 3 is 2.55 bits per heavy atom. The van der Waals surface area contributed by atoms with E-state index in [0.29, 0.717) is 49.8 Å². The molecule has 0 bridgehead atoms. The largest absolute Gasteiger partial charge is 0.453 e. The SMILES string of the molecule is CC(C)CCC(=O)N1CCN(C(=O)/C=C/c2ccc(Oc3cccnc3)c(F)c2)CC1. The Hall–Kier alpha value is -3.22. The van der Waals surface area contributed by atoms with E-state index in [1.165, 1.54) is 24.4 Å². The van der Waals surface area contributed by atoms with Crippen LogP contribution in [0.2, 0.25) is 0 Å². The van der Waals surface area contributed by atoms with Gasteiger partial charge in [0.2, 0.25) is 11.8 Å². The summed E-state index contributed by atoms with van der Waals surface area (Å²) in [6, 6.07) is 7.92. The second-order valence-electron chi connectivity index (χ2n) is 7.95. The molecule has 7 heteroatoms. The lowest BCUT2D eigenvalue weighted by Gasteiger charge is -2.34. The lowest BCUT2D eigenvalue weighted by molar-refractivity contribution is -0.137. The van der Waals surface area contributed by atoms with Crippen LogP contribution in [0.5, 0.6) is 11.5 Å². The average Bonchev–Trinajstić information content (AvgIpc) is 2.78. The minimum absolute atomic E-state index is 0.0923. The van der Waals surface area contributed by atoms with Crippen molar-refractivity contribution in [3.05, 3.63) is 60.2 Å². The van der Waals surface area contributed by atoms with Gasteiger partial charge in [-0.05, 0) is 48.2 Å². The number of piperazine rings is 1. The Morgan fingerprint density at radius 2 is 1.90 bits per heavy atom. The van der Waals surface area contributed by atoms with Gasteiger partial charge in [-0.1, -0.05) is 19.9 Å². The van der Waals surface area contributed by atoms with Gasteiger partial charge in [-0.3, -0.25) is 14.6 Å². The van der Waals surface area contributed by atoms with Crippen molar-refractivity contribution in [1.29, 1.82) is 0 Å². The summed E-state index contributed by atoms with van der Waals surface area (Å²) in [4.78, 5) is 32.2. The van der Waals surface area contributed by atoms with Crippen molar-refractivity contribution in [3.63, 3.8) is 0 Å². The number of aromatic nitrogens is 1. The number of halogens is 1. The molecule has 1 aromatic carbocycles. The predicted octanol–water partition coefficient (Wildman–Crippen LogP) is 4.13. The van der Waals surface area contributed by atoms with Crippen molar-refractivity contribution in [1.82, 2.24) is 14.8 Å². The molecule has 0 radical (unpaired) electrons. The quantitative estimate of drug-likeness (QED) is 0.626. The van der Waals surface area contributed by atoms with Crippen molar-refractivity contribution in [2.24, 2.45) is 5.92 Å². The maximum Gasteiger partial charge on any atom is 0.246 e. The van der Waals surface area contributed by atoms with Gasteiger partial charge in [0.1, 0.15) is 5.75 Å². The van der Waals surface area contributed by atoms with E-state index in [1.807, 2.05) is 4.90 Å². The molecule has 1 fully saturated rings. The first-order valence-corrected chi connectivity index (χ1v) is 10.5. The second kappa shape index (κ2) is 10.7. The zero-order valence-electron chi connectivity index (χ0n) is 18.0. The summed E-state index contributed by atoms with van der Waals surface area (Å²) in [5.41, 5.74) is 0.562. The summed E-state index contributed by atoms with van der Waals surface area (Å²) in [6.45, 7) is 6.30. The molecule has 2 heterocycles. The van der Waals surface area contributed by atoms with Gasteiger partial charge in [0.25, 0.3) is 0 Å². The molecular weight excluding hydrogens is 397 g/mol. The zero-order valence-corrected chi connectivity index (χ0v) is 18.0. The Morgan fingerprint density at radius 1 is 1.16 bits per heavy atom. The molecule has 0 N–H and O–H groups in total. The Balaban J connectivity index is 1.51. The molecule has 6 nitrogen and oxygen atoms in total. The monoisotopic (exact) mass is 425 g/mol. The van der Waals surface area contributed by atoms with Crippen LogP contribution in [0.25, 0.3) is 6.08 Å². The maximum absolute atomic E-state index is 14.3. The number of ether oxygens (including phenoxy) is 1. The molecule has 0 atom stereocenters. The molecule has 3 rings (SSSR count). The molecule has 2 amide bonds. The number of hydrogen-bond donors (Lipinski definition) is 0. The summed E-state index contributed by atoms with van der Waals surface area (Å²) < 4.78 is 19.8. The predicted molar refractivity (Wildman–Crippen MR) is 117 cm³/mol. The molecule has 1 aromatic heterocycles. The van der Waals surface area contributed by atoms with Crippen LogP contribution < -0.4 is 4.74 Å². The fourth-order valence-electron chi connectivity index (χ4n) is 3.26. The van der Waals surface area contributed by atoms with Crippen molar-refractivity contribution in [2.45, 2.75) is 26.7 Å². The summed E-state index contributed by atoms with van der Waals surface area (Å²) in [7, 11) is 0. The molecule has 1 saturated heterocycles. The lowest BCUT2D eigenvalue weighted by Crippen LogP contribution is -2.50. The topological polar surface area (TPSA) is 62.7 Å². The lowest BCUT2D eigenvalue weighted by atomic mass is 10.1. The van der Waals surface area contributed by atoms with Crippen LogP contribution in [0, 0.1) is 11.7 Å². The first-order valence-electron chi connectivity index (χ1n) is 10.5. The van der Waals surface area contributed by atoms with Crippen LogP contribution in [-0.2, 0) is 9.59 Å².